The first-order valence-corrected chi connectivity index (χ1v) is 10.6. The zero-order valence-electron chi connectivity index (χ0n) is 17.6. The number of carbonyl (C=O) groups excluding carboxylic acids is 1. The number of urea groups is 1. The molecule has 0 saturated carbocycles. The number of benzene rings is 2. The van der Waals surface area contributed by atoms with Gasteiger partial charge in [-0.05, 0) is 67.7 Å². The van der Waals surface area contributed by atoms with Crippen molar-refractivity contribution in [3.05, 3.63) is 59.4 Å². The van der Waals surface area contributed by atoms with E-state index >= 15 is 0 Å². The summed E-state index contributed by atoms with van der Waals surface area (Å²) in [5, 5.41) is 12.7. The van der Waals surface area contributed by atoms with Crippen LogP contribution in [0.15, 0.2) is 42.5 Å². The predicted octanol–water partition coefficient (Wildman–Crippen LogP) is 2.97. The van der Waals surface area contributed by atoms with Gasteiger partial charge in [0.15, 0.2) is 11.5 Å². The molecule has 1 atom stereocenters. The molecule has 0 spiro atoms. The van der Waals surface area contributed by atoms with Gasteiger partial charge in [-0.25, -0.2) is 9.18 Å². The van der Waals surface area contributed by atoms with E-state index in [4.69, 9.17) is 15.2 Å². The minimum Gasteiger partial charge on any atom is -0.486 e. The van der Waals surface area contributed by atoms with E-state index in [9.17, 15) is 14.3 Å². The van der Waals surface area contributed by atoms with Crippen molar-refractivity contribution in [1.82, 2.24) is 10.2 Å². The lowest BCUT2D eigenvalue weighted by atomic mass is 10.1. The zero-order chi connectivity index (χ0) is 22.1. The number of aliphatic hydroxyl groups excluding tert-OH is 1. The molecule has 0 bridgehead atoms. The summed E-state index contributed by atoms with van der Waals surface area (Å²) < 4.78 is 23.4. The average molecular weight is 432 g/mol. The van der Waals surface area contributed by atoms with Gasteiger partial charge < -0.3 is 30.5 Å². The van der Waals surface area contributed by atoms with Crippen LogP contribution >= 0.6 is 0 Å². The third-order valence-corrected chi connectivity index (χ3v) is 5.25. The van der Waals surface area contributed by atoms with Gasteiger partial charge in [-0.3, -0.25) is 0 Å². The Hall–Kier alpha value is -2.84. The van der Waals surface area contributed by atoms with Gasteiger partial charge in [-0.1, -0.05) is 18.2 Å². The molecule has 8 heteroatoms. The number of hydrogen-bond donors (Lipinski definition) is 3. The number of rotatable bonds is 6. The zero-order valence-corrected chi connectivity index (χ0v) is 17.6. The third kappa shape index (κ3) is 7.41. The Labute approximate surface area is 181 Å². The van der Waals surface area contributed by atoms with Crippen molar-refractivity contribution in [2.45, 2.75) is 31.9 Å². The summed E-state index contributed by atoms with van der Waals surface area (Å²) >= 11 is 0. The topological polar surface area (TPSA) is 97.1 Å². The Morgan fingerprint density at radius 1 is 1.10 bits per heavy atom. The van der Waals surface area contributed by atoms with Crippen molar-refractivity contribution in [3.63, 3.8) is 0 Å². The molecule has 2 aliphatic heterocycles. The number of fused-ring (bicyclic) bond motifs is 1. The van der Waals surface area contributed by atoms with Gasteiger partial charge in [0.2, 0.25) is 0 Å². The van der Waals surface area contributed by atoms with Gasteiger partial charge in [0.25, 0.3) is 0 Å². The number of primary amides is 1. The lowest BCUT2D eigenvalue weighted by Crippen LogP contribution is -2.28. The van der Waals surface area contributed by atoms with Crippen LogP contribution in [0.2, 0.25) is 0 Å². The molecule has 2 amide bonds. The number of carbonyl (C=O) groups is 1. The van der Waals surface area contributed by atoms with E-state index in [0.29, 0.717) is 19.8 Å². The summed E-state index contributed by atoms with van der Waals surface area (Å²) in [4.78, 5) is 12.7. The summed E-state index contributed by atoms with van der Waals surface area (Å²) in [5.74, 6) is 1.24. The Bertz CT molecular complexity index is 841. The lowest BCUT2D eigenvalue weighted by Gasteiger charge is -2.21. The number of halogens is 1. The van der Waals surface area contributed by atoms with E-state index in [1.54, 1.807) is 12.1 Å². The fourth-order valence-corrected chi connectivity index (χ4v) is 3.54. The summed E-state index contributed by atoms with van der Waals surface area (Å²) in [6, 6.07) is 11.0. The first-order chi connectivity index (χ1) is 15.0. The van der Waals surface area contributed by atoms with Crippen molar-refractivity contribution in [3.8, 4) is 11.5 Å². The monoisotopic (exact) mass is 431 g/mol. The maximum atomic E-state index is 12.4. The Morgan fingerprint density at radius 3 is 2.45 bits per heavy atom. The summed E-state index contributed by atoms with van der Waals surface area (Å²) in [7, 11) is 0. The fourth-order valence-electron chi connectivity index (χ4n) is 3.54. The SMILES string of the molecule is NC(=O)NCc1ccc(F)cc1.O[C@@H](CCN1CCCC1)c1ccc2c(c1)OCCO2. The number of ether oxygens (including phenoxy) is 2. The van der Waals surface area contributed by atoms with Crippen molar-refractivity contribution in [2.24, 2.45) is 5.73 Å². The van der Waals surface area contributed by atoms with Gasteiger partial charge in [0, 0.05) is 13.1 Å². The summed E-state index contributed by atoms with van der Waals surface area (Å²) in [5.41, 5.74) is 6.58. The highest BCUT2D eigenvalue weighted by Crippen LogP contribution is 2.33. The summed E-state index contributed by atoms with van der Waals surface area (Å²) in [6.07, 6.45) is 2.94. The number of likely N-dealkylation sites (tertiary alicyclic amines) is 1. The van der Waals surface area contributed by atoms with Gasteiger partial charge in [0.05, 0.1) is 6.10 Å². The molecule has 31 heavy (non-hydrogen) atoms. The highest BCUT2D eigenvalue weighted by molar-refractivity contribution is 5.71. The van der Waals surface area contributed by atoms with Crippen LogP contribution in [-0.4, -0.2) is 48.9 Å². The fraction of sp³-hybridized carbons (Fsp3) is 0.435. The van der Waals surface area contributed by atoms with Crippen molar-refractivity contribution in [2.75, 3.05) is 32.8 Å². The molecule has 2 aliphatic rings. The van der Waals surface area contributed by atoms with Crippen LogP contribution in [0.3, 0.4) is 0 Å². The van der Waals surface area contributed by atoms with Crippen LogP contribution in [-0.2, 0) is 6.54 Å². The highest BCUT2D eigenvalue weighted by atomic mass is 19.1. The standard InChI is InChI=1S/C15H21NO3.C8H9FN2O/c17-13(5-8-16-6-1-2-7-16)12-3-4-14-15(11-12)19-10-9-18-14;9-7-3-1-6(2-4-7)5-11-8(10)12/h3-4,11,13,17H,1-2,5-10H2;1-4H,5H2,(H3,10,11,12)/t13-;/m0./s1. The molecule has 1 fully saturated rings. The van der Waals surface area contributed by atoms with E-state index in [1.807, 2.05) is 18.2 Å². The van der Waals surface area contributed by atoms with Crippen molar-refractivity contribution < 1.29 is 23.8 Å². The normalized spacial score (nSPS) is 16.2. The van der Waals surface area contributed by atoms with Crippen molar-refractivity contribution >= 4 is 6.03 Å². The third-order valence-electron chi connectivity index (χ3n) is 5.25. The first-order valence-electron chi connectivity index (χ1n) is 10.6. The van der Waals surface area contributed by atoms with E-state index in [2.05, 4.69) is 10.2 Å². The molecule has 2 heterocycles. The van der Waals surface area contributed by atoms with E-state index < -0.39 is 12.1 Å². The van der Waals surface area contributed by atoms with Crippen LogP contribution in [0.25, 0.3) is 0 Å². The quantitative estimate of drug-likeness (QED) is 0.653. The Balaban J connectivity index is 0.000000196. The van der Waals surface area contributed by atoms with Gasteiger partial charge in [-0.2, -0.15) is 0 Å². The molecular formula is C23H30FN3O4. The molecule has 0 unspecified atom stereocenters. The first kappa shape index (κ1) is 22.8. The Morgan fingerprint density at radius 2 is 1.77 bits per heavy atom. The minimum atomic E-state index is -0.584. The Kier molecular flexibility index (Phi) is 8.49. The van der Waals surface area contributed by atoms with E-state index in [-0.39, 0.29) is 5.82 Å². The van der Waals surface area contributed by atoms with E-state index in [0.717, 1.165) is 35.6 Å². The number of aliphatic hydroxyl groups is 1. The summed E-state index contributed by atoms with van der Waals surface area (Å²) in [6.45, 7) is 4.83. The van der Waals surface area contributed by atoms with Crippen LogP contribution in [0.5, 0.6) is 11.5 Å². The molecule has 7 nitrogen and oxygen atoms in total. The van der Waals surface area contributed by atoms with Gasteiger partial charge in [-0.15, -0.1) is 0 Å². The maximum absolute atomic E-state index is 12.4. The molecule has 2 aromatic carbocycles. The predicted molar refractivity (Wildman–Crippen MR) is 116 cm³/mol. The van der Waals surface area contributed by atoms with Crippen LogP contribution in [0, 0.1) is 5.82 Å². The average Bonchev–Trinajstić information content (AvgIpc) is 3.31. The molecule has 4 N–H and O–H groups in total. The van der Waals surface area contributed by atoms with Crippen LogP contribution in [0.4, 0.5) is 9.18 Å². The van der Waals surface area contributed by atoms with Gasteiger partial charge in [0.1, 0.15) is 19.0 Å². The maximum Gasteiger partial charge on any atom is 0.312 e. The molecule has 0 radical (unpaired) electrons. The lowest BCUT2D eigenvalue weighted by molar-refractivity contribution is 0.145. The van der Waals surface area contributed by atoms with Crippen LogP contribution in [0.1, 0.15) is 36.5 Å². The highest BCUT2D eigenvalue weighted by Gasteiger charge is 2.17. The van der Waals surface area contributed by atoms with Crippen LogP contribution < -0.4 is 20.5 Å². The smallest absolute Gasteiger partial charge is 0.312 e. The number of nitrogens with zero attached hydrogens (tertiary/aromatic N) is 1. The largest absolute Gasteiger partial charge is 0.486 e. The molecule has 4 rings (SSSR count). The number of amides is 2. The van der Waals surface area contributed by atoms with Gasteiger partial charge >= 0.3 is 6.03 Å². The molecule has 0 aliphatic carbocycles. The van der Waals surface area contributed by atoms with E-state index in [1.165, 1.54) is 38.1 Å². The molecular weight excluding hydrogens is 401 g/mol. The molecule has 2 aromatic rings. The number of nitrogens with one attached hydrogen (secondary N) is 1. The second-order valence-electron chi connectivity index (χ2n) is 7.60. The molecule has 0 aromatic heterocycles. The minimum absolute atomic E-state index is 0.294. The second-order valence-corrected chi connectivity index (χ2v) is 7.60. The molecule has 1 saturated heterocycles. The number of nitrogens with two attached hydrogens (primary N) is 1. The van der Waals surface area contributed by atoms with Crippen molar-refractivity contribution in [1.29, 1.82) is 0 Å². The number of hydrogen-bond acceptors (Lipinski definition) is 5. The molecule has 168 valence electrons. The second kappa shape index (κ2) is 11.5.